The van der Waals surface area contributed by atoms with Crippen molar-refractivity contribution in [1.82, 2.24) is 5.32 Å². The summed E-state index contributed by atoms with van der Waals surface area (Å²) in [6.07, 6.45) is 0. The molecule has 17 heavy (non-hydrogen) atoms. The number of nitrogens with one attached hydrogen (secondary N) is 1. The minimum Gasteiger partial charge on any atom is -0.491 e. The fourth-order valence-corrected chi connectivity index (χ4v) is 1.48. The summed E-state index contributed by atoms with van der Waals surface area (Å²) < 4.78 is 10.3. The first kappa shape index (κ1) is 13.5. The Morgan fingerprint density at radius 2 is 2.24 bits per heavy atom. The van der Waals surface area contributed by atoms with Crippen LogP contribution in [0, 0.1) is 6.92 Å². The molecule has 1 aromatic carbocycles. The number of carbonyl (C=O) groups is 1. The van der Waals surface area contributed by atoms with E-state index in [1.807, 2.05) is 38.1 Å². The third kappa shape index (κ3) is 4.44. The SMILES string of the molecule is CCNC(COc1cccc(C)c1)C(=O)OC. The van der Waals surface area contributed by atoms with Crippen molar-refractivity contribution in [3.8, 4) is 5.75 Å². The van der Waals surface area contributed by atoms with E-state index in [4.69, 9.17) is 9.47 Å². The van der Waals surface area contributed by atoms with Gasteiger partial charge < -0.3 is 14.8 Å². The van der Waals surface area contributed by atoms with Gasteiger partial charge in [-0.15, -0.1) is 0 Å². The highest BCUT2D eigenvalue weighted by atomic mass is 16.5. The summed E-state index contributed by atoms with van der Waals surface area (Å²) in [4.78, 5) is 11.4. The Balaban J connectivity index is 2.54. The van der Waals surface area contributed by atoms with Gasteiger partial charge in [-0.1, -0.05) is 19.1 Å². The van der Waals surface area contributed by atoms with E-state index in [9.17, 15) is 4.79 Å². The van der Waals surface area contributed by atoms with Crippen LogP contribution in [0.5, 0.6) is 5.75 Å². The summed E-state index contributed by atoms with van der Waals surface area (Å²) in [7, 11) is 1.37. The minimum atomic E-state index is -0.425. The molecule has 0 aliphatic carbocycles. The maximum atomic E-state index is 11.4. The van der Waals surface area contributed by atoms with Gasteiger partial charge in [0, 0.05) is 0 Å². The van der Waals surface area contributed by atoms with Crippen LogP contribution in [0.25, 0.3) is 0 Å². The molecular weight excluding hydrogens is 218 g/mol. The van der Waals surface area contributed by atoms with Gasteiger partial charge in [-0.05, 0) is 31.2 Å². The topological polar surface area (TPSA) is 47.6 Å². The number of esters is 1. The van der Waals surface area contributed by atoms with E-state index in [1.54, 1.807) is 0 Å². The molecule has 1 N–H and O–H groups in total. The largest absolute Gasteiger partial charge is 0.491 e. The summed E-state index contributed by atoms with van der Waals surface area (Å²) in [6, 6.07) is 7.29. The second-order valence-electron chi connectivity index (χ2n) is 3.76. The number of carbonyl (C=O) groups excluding carboxylic acids is 1. The lowest BCUT2D eigenvalue weighted by Crippen LogP contribution is -2.42. The average Bonchev–Trinajstić information content (AvgIpc) is 2.33. The van der Waals surface area contributed by atoms with E-state index in [1.165, 1.54) is 7.11 Å². The predicted molar refractivity (Wildman–Crippen MR) is 66.2 cm³/mol. The van der Waals surface area contributed by atoms with Gasteiger partial charge in [-0.3, -0.25) is 4.79 Å². The number of rotatable bonds is 6. The summed E-state index contributed by atoms with van der Waals surface area (Å²) in [5.41, 5.74) is 1.13. The fourth-order valence-electron chi connectivity index (χ4n) is 1.48. The van der Waals surface area contributed by atoms with Crippen LogP contribution in [0.2, 0.25) is 0 Å². The highest BCUT2D eigenvalue weighted by Crippen LogP contribution is 2.12. The zero-order valence-electron chi connectivity index (χ0n) is 10.5. The van der Waals surface area contributed by atoms with Crippen LogP contribution in [0.15, 0.2) is 24.3 Å². The molecule has 0 bridgehead atoms. The smallest absolute Gasteiger partial charge is 0.326 e. The number of hydrogen-bond donors (Lipinski definition) is 1. The Bertz CT molecular complexity index is 365. The first-order valence-electron chi connectivity index (χ1n) is 5.68. The first-order valence-corrected chi connectivity index (χ1v) is 5.68. The quantitative estimate of drug-likeness (QED) is 0.762. The zero-order chi connectivity index (χ0) is 12.7. The van der Waals surface area contributed by atoms with Gasteiger partial charge in [0.1, 0.15) is 18.4 Å². The van der Waals surface area contributed by atoms with Crippen molar-refractivity contribution in [2.75, 3.05) is 20.3 Å². The van der Waals surface area contributed by atoms with E-state index in [0.717, 1.165) is 11.3 Å². The first-order chi connectivity index (χ1) is 8.17. The summed E-state index contributed by atoms with van der Waals surface area (Å²) in [5.74, 6) is 0.455. The third-order valence-corrected chi connectivity index (χ3v) is 2.34. The zero-order valence-corrected chi connectivity index (χ0v) is 10.5. The normalized spacial score (nSPS) is 11.9. The van der Waals surface area contributed by atoms with Gasteiger partial charge in [-0.2, -0.15) is 0 Å². The molecule has 4 nitrogen and oxygen atoms in total. The maximum absolute atomic E-state index is 11.4. The number of ether oxygens (including phenoxy) is 2. The molecule has 0 saturated heterocycles. The van der Waals surface area contributed by atoms with Crippen LogP contribution < -0.4 is 10.1 Å². The number of benzene rings is 1. The van der Waals surface area contributed by atoms with Crippen LogP contribution in [-0.2, 0) is 9.53 Å². The Morgan fingerprint density at radius 1 is 1.47 bits per heavy atom. The highest BCUT2D eigenvalue weighted by molar-refractivity contribution is 5.75. The molecule has 0 saturated carbocycles. The van der Waals surface area contributed by atoms with E-state index >= 15 is 0 Å². The molecule has 0 aliphatic heterocycles. The van der Waals surface area contributed by atoms with Crippen molar-refractivity contribution in [3.05, 3.63) is 29.8 Å². The molecule has 1 aromatic rings. The molecular formula is C13H19NO3. The van der Waals surface area contributed by atoms with Crippen LogP contribution in [0.3, 0.4) is 0 Å². The highest BCUT2D eigenvalue weighted by Gasteiger charge is 2.18. The standard InChI is InChI=1S/C13H19NO3/c1-4-14-12(13(15)16-3)9-17-11-7-5-6-10(2)8-11/h5-8,12,14H,4,9H2,1-3H3. The van der Waals surface area contributed by atoms with Gasteiger partial charge in [0.05, 0.1) is 7.11 Å². The molecule has 1 atom stereocenters. The van der Waals surface area contributed by atoms with E-state index in [0.29, 0.717) is 6.54 Å². The van der Waals surface area contributed by atoms with Gasteiger partial charge in [0.15, 0.2) is 0 Å². The molecule has 94 valence electrons. The number of hydrogen-bond acceptors (Lipinski definition) is 4. The maximum Gasteiger partial charge on any atom is 0.326 e. The second kappa shape index (κ2) is 6.91. The molecule has 4 heteroatoms. The fraction of sp³-hybridized carbons (Fsp3) is 0.462. The minimum absolute atomic E-state index is 0.268. The molecule has 1 rings (SSSR count). The van der Waals surface area contributed by atoms with Crippen molar-refractivity contribution < 1.29 is 14.3 Å². The molecule has 0 fully saturated rings. The van der Waals surface area contributed by atoms with E-state index in [2.05, 4.69) is 5.32 Å². The lowest BCUT2D eigenvalue weighted by atomic mass is 10.2. The molecule has 0 radical (unpaired) electrons. The monoisotopic (exact) mass is 237 g/mol. The van der Waals surface area contributed by atoms with Crippen molar-refractivity contribution in [3.63, 3.8) is 0 Å². The lowest BCUT2D eigenvalue weighted by Gasteiger charge is -2.16. The summed E-state index contributed by atoms with van der Waals surface area (Å²) in [6.45, 7) is 4.89. The van der Waals surface area contributed by atoms with Crippen LogP contribution in [-0.4, -0.2) is 32.3 Å². The molecule has 0 aromatic heterocycles. The van der Waals surface area contributed by atoms with Gasteiger partial charge in [-0.25, -0.2) is 0 Å². The van der Waals surface area contributed by atoms with Gasteiger partial charge >= 0.3 is 5.97 Å². The van der Waals surface area contributed by atoms with Crippen molar-refractivity contribution in [2.24, 2.45) is 0 Å². The van der Waals surface area contributed by atoms with E-state index < -0.39 is 6.04 Å². The Labute approximate surface area is 102 Å². The van der Waals surface area contributed by atoms with Crippen molar-refractivity contribution >= 4 is 5.97 Å². The van der Waals surface area contributed by atoms with Gasteiger partial charge in [0.2, 0.25) is 0 Å². The Kier molecular flexibility index (Phi) is 5.49. The molecule has 0 amide bonds. The third-order valence-electron chi connectivity index (χ3n) is 2.34. The van der Waals surface area contributed by atoms with Crippen LogP contribution in [0.1, 0.15) is 12.5 Å². The summed E-state index contributed by atoms with van der Waals surface area (Å²) >= 11 is 0. The number of aryl methyl sites for hydroxylation is 1. The summed E-state index contributed by atoms with van der Waals surface area (Å²) in [5, 5.41) is 3.02. The van der Waals surface area contributed by atoms with Crippen molar-refractivity contribution in [2.45, 2.75) is 19.9 Å². The molecule has 1 unspecified atom stereocenters. The van der Waals surface area contributed by atoms with Gasteiger partial charge in [0.25, 0.3) is 0 Å². The van der Waals surface area contributed by atoms with Crippen molar-refractivity contribution in [1.29, 1.82) is 0 Å². The Morgan fingerprint density at radius 3 is 2.82 bits per heavy atom. The van der Waals surface area contributed by atoms with Crippen LogP contribution >= 0.6 is 0 Å². The predicted octanol–water partition coefficient (Wildman–Crippen LogP) is 1.52. The Hall–Kier alpha value is -1.55. The number of methoxy groups -OCH3 is 1. The second-order valence-corrected chi connectivity index (χ2v) is 3.76. The average molecular weight is 237 g/mol. The molecule has 0 heterocycles. The molecule has 0 aliphatic rings. The molecule has 0 spiro atoms. The number of likely N-dealkylation sites (N-methyl/N-ethyl adjacent to an activating group) is 1. The van der Waals surface area contributed by atoms with Crippen LogP contribution in [0.4, 0.5) is 0 Å². The lowest BCUT2D eigenvalue weighted by molar-refractivity contribution is -0.143. The van der Waals surface area contributed by atoms with E-state index in [-0.39, 0.29) is 12.6 Å².